The number of aromatic amines is 1. The molecule has 0 radical (unpaired) electrons. The summed E-state index contributed by atoms with van der Waals surface area (Å²) in [5.74, 6) is -0.282. The Hall–Kier alpha value is -3.02. The second-order valence-corrected chi connectivity index (χ2v) is 10.6. The summed E-state index contributed by atoms with van der Waals surface area (Å²) >= 11 is 6.12. The van der Waals surface area contributed by atoms with Crippen LogP contribution in [-0.4, -0.2) is 57.4 Å². The first-order valence-corrected chi connectivity index (χ1v) is 12.7. The van der Waals surface area contributed by atoms with E-state index in [1.165, 1.54) is 0 Å². The number of sulfonamides is 1. The quantitative estimate of drug-likeness (QED) is 0.395. The number of H-pyrrole nitrogens is 1. The fourth-order valence-corrected chi connectivity index (χ4v) is 5.37. The van der Waals surface area contributed by atoms with Crippen LogP contribution in [0.25, 0.3) is 33.5 Å². The van der Waals surface area contributed by atoms with Gasteiger partial charge >= 0.3 is 0 Å². The molecule has 0 bridgehead atoms. The number of aryl methyl sites for hydroxylation is 1. The SMILES string of the molecule is Cn1nc(-c2cnc3[nH]cc(C(=O)NC4CCC(NS(C)(=O)=O)C4)c3n2)c2ccc(Cl)cc21. The van der Waals surface area contributed by atoms with Crippen molar-refractivity contribution in [2.75, 3.05) is 6.26 Å². The lowest BCUT2D eigenvalue weighted by molar-refractivity contribution is 0.0939. The molecule has 1 aliphatic carbocycles. The lowest BCUT2D eigenvalue weighted by atomic mass is 10.1. The molecule has 1 saturated carbocycles. The summed E-state index contributed by atoms with van der Waals surface area (Å²) in [7, 11) is -1.45. The van der Waals surface area contributed by atoms with Crippen molar-refractivity contribution in [2.24, 2.45) is 7.05 Å². The zero-order chi connectivity index (χ0) is 23.3. The number of aromatic nitrogens is 5. The minimum Gasteiger partial charge on any atom is -0.349 e. The van der Waals surface area contributed by atoms with Gasteiger partial charge in [0.25, 0.3) is 5.91 Å². The van der Waals surface area contributed by atoms with Crippen LogP contribution in [0.15, 0.2) is 30.6 Å². The van der Waals surface area contributed by atoms with Gasteiger partial charge in [-0.2, -0.15) is 5.10 Å². The average molecular weight is 488 g/mol. The van der Waals surface area contributed by atoms with Crippen LogP contribution in [0.5, 0.6) is 0 Å². The number of nitrogens with one attached hydrogen (secondary N) is 3. The molecule has 0 saturated heterocycles. The minimum atomic E-state index is -3.28. The number of halogens is 1. The van der Waals surface area contributed by atoms with Gasteiger partial charge < -0.3 is 10.3 Å². The smallest absolute Gasteiger partial charge is 0.255 e. The Morgan fingerprint density at radius 1 is 1.27 bits per heavy atom. The van der Waals surface area contributed by atoms with Crippen LogP contribution in [0, 0.1) is 0 Å². The predicted molar refractivity (Wildman–Crippen MR) is 125 cm³/mol. The second-order valence-electron chi connectivity index (χ2n) is 8.36. The van der Waals surface area contributed by atoms with Gasteiger partial charge in [-0.3, -0.25) is 9.48 Å². The van der Waals surface area contributed by atoms with Crippen LogP contribution in [-0.2, 0) is 17.1 Å². The average Bonchev–Trinajstić information content (AvgIpc) is 3.44. The predicted octanol–water partition coefficient (Wildman–Crippen LogP) is 2.37. The highest BCUT2D eigenvalue weighted by Gasteiger charge is 2.29. The monoisotopic (exact) mass is 487 g/mol. The van der Waals surface area contributed by atoms with E-state index in [4.69, 9.17) is 16.6 Å². The Kier molecular flexibility index (Phi) is 5.34. The topological polar surface area (TPSA) is 135 Å². The summed E-state index contributed by atoms with van der Waals surface area (Å²) in [5.41, 5.74) is 3.38. The normalized spacial score (nSPS) is 18.9. The number of benzene rings is 1. The Labute approximate surface area is 194 Å². The van der Waals surface area contributed by atoms with Crippen molar-refractivity contribution >= 4 is 49.6 Å². The van der Waals surface area contributed by atoms with Crippen LogP contribution in [0.4, 0.5) is 0 Å². The summed E-state index contributed by atoms with van der Waals surface area (Å²) in [6.45, 7) is 0. The number of nitrogens with zero attached hydrogens (tertiary/aromatic N) is 4. The molecular formula is C21H22ClN7O3S. The van der Waals surface area contributed by atoms with Crippen molar-refractivity contribution in [3.63, 3.8) is 0 Å². The molecule has 1 fully saturated rings. The zero-order valence-corrected chi connectivity index (χ0v) is 19.5. The maximum absolute atomic E-state index is 13.0. The maximum atomic E-state index is 13.0. The van der Waals surface area contributed by atoms with Gasteiger partial charge in [-0.25, -0.2) is 23.1 Å². The van der Waals surface area contributed by atoms with Crippen LogP contribution in [0.2, 0.25) is 5.02 Å². The first-order chi connectivity index (χ1) is 15.7. The summed E-state index contributed by atoms with van der Waals surface area (Å²) in [4.78, 5) is 25.1. The molecule has 1 aliphatic rings. The molecule has 1 aromatic carbocycles. The number of hydrogen-bond donors (Lipinski definition) is 3. The van der Waals surface area contributed by atoms with Gasteiger partial charge in [0.05, 0.1) is 23.5 Å². The number of rotatable bonds is 5. The lowest BCUT2D eigenvalue weighted by Gasteiger charge is -2.13. The van der Waals surface area contributed by atoms with Gasteiger partial charge in [-0.05, 0) is 37.5 Å². The third-order valence-electron chi connectivity index (χ3n) is 5.83. The van der Waals surface area contributed by atoms with Crippen molar-refractivity contribution in [3.05, 3.63) is 41.2 Å². The van der Waals surface area contributed by atoms with Crippen LogP contribution in [0.3, 0.4) is 0 Å². The molecule has 3 aromatic heterocycles. The van der Waals surface area contributed by atoms with Crippen LogP contribution >= 0.6 is 11.6 Å². The van der Waals surface area contributed by atoms with Crippen LogP contribution in [0.1, 0.15) is 29.6 Å². The molecule has 3 heterocycles. The Morgan fingerprint density at radius 2 is 2.06 bits per heavy atom. The number of carbonyl (C=O) groups is 1. The first kappa shape index (κ1) is 21.8. The van der Waals surface area contributed by atoms with Gasteiger partial charge in [0.1, 0.15) is 16.9 Å². The Morgan fingerprint density at radius 3 is 2.85 bits per heavy atom. The molecule has 33 heavy (non-hydrogen) atoms. The summed E-state index contributed by atoms with van der Waals surface area (Å²) < 4.78 is 27.3. The highest BCUT2D eigenvalue weighted by molar-refractivity contribution is 7.88. The first-order valence-electron chi connectivity index (χ1n) is 10.4. The van der Waals surface area contributed by atoms with Crippen LogP contribution < -0.4 is 10.0 Å². The van der Waals surface area contributed by atoms with E-state index in [-0.39, 0.29) is 18.0 Å². The third-order valence-corrected chi connectivity index (χ3v) is 6.83. The molecule has 0 spiro atoms. The van der Waals surface area contributed by atoms with Gasteiger partial charge in [-0.1, -0.05) is 11.6 Å². The second kappa shape index (κ2) is 8.08. The van der Waals surface area contributed by atoms with Crippen molar-refractivity contribution in [1.82, 2.24) is 34.8 Å². The van der Waals surface area contributed by atoms with Crippen molar-refractivity contribution in [2.45, 2.75) is 31.3 Å². The highest BCUT2D eigenvalue weighted by Crippen LogP contribution is 2.29. The van der Waals surface area contributed by atoms with Gasteiger partial charge in [-0.15, -0.1) is 0 Å². The fourth-order valence-electron chi connectivity index (χ4n) is 4.38. The molecule has 0 aliphatic heterocycles. The molecule has 10 nitrogen and oxygen atoms in total. The van der Waals surface area contributed by atoms with Crippen molar-refractivity contribution < 1.29 is 13.2 Å². The van der Waals surface area contributed by atoms with Crippen molar-refractivity contribution in [3.8, 4) is 11.4 Å². The highest BCUT2D eigenvalue weighted by atomic mass is 35.5. The molecule has 5 rings (SSSR count). The molecule has 1 amide bonds. The summed E-state index contributed by atoms with van der Waals surface area (Å²) in [6, 6.07) is 5.22. The van der Waals surface area contributed by atoms with E-state index in [0.717, 1.165) is 17.2 Å². The number of carbonyl (C=O) groups excluding carboxylic acids is 1. The van der Waals surface area contributed by atoms with Gasteiger partial charge in [0.2, 0.25) is 10.0 Å². The lowest BCUT2D eigenvalue weighted by Crippen LogP contribution is -2.36. The minimum absolute atomic E-state index is 0.123. The van der Waals surface area contributed by atoms with E-state index < -0.39 is 10.0 Å². The molecular weight excluding hydrogens is 466 g/mol. The third kappa shape index (κ3) is 4.31. The maximum Gasteiger partial charge on any atom is 0.255 e. The molecule has 2 unspecified atom stereocenters. The molecule has 2 atom stereocenters. The standard InChI is InChI=1S/C21H22ClN7O3S/c1-29-17-7-11(22)3-6-14(17)18(27-29)16-10-24-20-19(26-16)15(9-23-20)21(30)25-12-4-5-13(8-12)28-33(2,31)32/h3,6-7,9-10,12-13,28H,4-5,8H2,1-2H3,(H,23,24)(H,25,30). The Bertz CT molecular complexity index is 1490. The van der Waals surface area contributed by atoms with Gasteiger partial charge in [0, 0.05) is 35.7 Å². The molecule has 172 valence electrons. The number of amides is 1. The van der Waals surface area contributed by atoms with E-state index in [0.29, 0.717) is 52.4 Å². The fraction of sp³-hybridized carbons (Fsp3) is 0.333. The summed E-state index contributed by atoms with van der Waals surface area (Å²) in [5, 5.41) is 9.07. The summed E-state index contributed by atoms with van der Waals surface area (Å²) in [6.07, 6.45) is 6.25. The Balaban J connectivity index is 1.42. The molecule has 4 aromatic rings. The number of fused-ring (bicyclic) bond motifs is 2. The van der Waals surface area contributed by atoms with Gasteiger partial charge in [0.15, 0.2) is 5.65 Å². The number of hydrogen-bond acceptors (Lipinski definition) is 6. The van der Waals surface area contributed by atoms with E-state index in [2.05, 4.69) is 25.1 Å². The van der Waals surface area contributed by atoms with Crippen molar-refractivity contribution in [1.29, 1.82) is 0 Å². The molecule has 3 N–H and O–H groups in total. The molecule has 12 heteroatoms. The van der Waals surface area contributed by atoms with E-state index in [1.54, 1.807) is 23.1 Å². The van der Waals surface area contributed by atoms with E-state index in [1.807, 2.05) is 19.2 Å². The van der Waals surface area contributed by atoms with E-state index >= 15 is 0 Å². The zero-order valence-electron chi connectivity index (χ0n) is 18.0. The van der Waals surface area contributed by atoms with E-state index in [9.17, 15) is 13.2 Å². The largest absolute Gasteiger partial charge is 0.349 e.